The Morgan fingerprint density at radius 2 is 1.79 bits per heavy atom. The quantitative estimate of drug-likeness (QED) is 0.819. The van der Waals surface area contributed by atoms with Crippen LogP contribution in [0.1, 0.15) is 59.8 Å². The minimum atomic E-state index is 0.556. The van der Waals surface area contributed by atoms with Gasteiger partial charge in [0, 0.05) is 25.7 Å². The standard InChI is InChI=1S/C17H34N2/c1-5-18-12-17(8-6-14(2)7-9-17)13-19-11-15(3)10-16(19)4/h14-16,18H,5-13H2,1-4H3. The SMILES string of the molecule is CCNCC1(CN2CC(C)CC2C)CCC(C)CC1. The predicted molar refractivity (Wildman–Crippen MR) is 83.4 cm³/mol. The molecule has 0 aromatic rings. The van der Waals surface area contributed by atoms with Crippen LogP contribution in [0, 0.1) is 17.3 Å². The molecule has 2 fully saturated rings. The van der Waals surface area contributed by atoms with Crippen LogP contribution < -0.4 is 5.32 Å². The molecule has 19 heavy (non-hydrogen) atoms. The maximum absolute atomic E-state index is 3.65. The number of nitrogens with zero attached hydrogens (tertiary/aromatic N) is 1. The van der Waals surface area contributed by atoms with Crippen molar-refractivity contribution in [2.75, 3.05) is 26.2 Å². The first-order chi connectivity index (χ1) is 9.04. The van der Waals surface area contributed by atoms with Crippen molar-refractivity contribution in [2.45, 2.75) is 65.8 Å². The second-order valence-electron chi connectivity index (χ2n) is 7.58. The number of rotatable bonds is 5. The van der Waals surface area contributed by atoms with E-state index in [0.29, 0.717) is 5.41 Å². The van der Waals surface area contributed by atoms with Gasteiger partial charge in [-0.1, -0.05) is 33.6 Å². The molecule has 0 spiro atoms. The van der Waals surface area contributed by atoms with Crippen LogP contribution in [0.25, 0.3) is 0 Å². The molecular weight excluding hydrogens is 232 g/mol. The Morgan fingerprint density at radius 3 is 2.32 bits per heavy atom. The van der Waals surface area contributed by atoms with Gasteiger partial charge in [0.2, 0.25) is 0 Å². The summed E-state index contributed by atoms with van der Waals surface area (Å²) in [6, 6.07) is 0.799. The van der Waals surface area contributed by atoms with Gasteiger partial charge in [0.1, 0.15) is 0 Å². The number of hydrogen-bond donors (Lipinski definition) is 1. The molecule has 1 heterocycles. The highest BCUT2D eigenvalue weighted by Crippen LogP contribution is 2.40. The fourth-order valence-electron chi connectivity index (χ4n) is 4.19. The van der Waals surface area contributed by atoms with E-state index in [-0.39, 0.29) is 0 Å². The van der Waals surface area contributed by atoms with E-state index in [1.54, 1.807) is 0 Å². The molecule has 1 saturated carbocycles. The third kappa shape index (κ3) is 3.95. The van der Waals surface area contributed by atoms with E-state index in [0.717, 1.165) is 24.4 Å². The fraction of sp³-hybridized carbons (Fsp3) is 1.00. The van der Waals surface area contributed by atoms with Gasteiger partial charge in [0.05, 0.1) is 0 Å². The maximum atomic E-state index is 3.65. The summed E-state index contributed by atoms with van der Waals surface area (Å²) in [6.45, 7) is 14.5. The van der Waals surface area contributed by atoms with Crippen LogP contribution in [0.15, 0.2) is 0 Å². The molecule has 0 aromatic heterocycles. The Kier molecular flexibility index (Phi) is 5.30. The summed E-state index contributed by atoms with van der Waals surface area (Å²) in [5.74, 6) is 1.85. The van der Waals surface area contributed by atoms with Crippen LogP contribution >= 0.6 is 0 Å². The highest BCUT2D eigenvalue weighted by Gasteiger charge is 2.38. The zero-order chi connectivity index (χ0) is 13.9. The number of nitrogens with one attached hydrogen (secondary N) is 1. The molecule has 112 valence electrons. The van der Waals surface area contributed by atoms with E-state index in [2.05, 4.69) is 37.9 Å². The summed E-state index contributed by atoms with van der Waals surface area (Å²) in [6.07, 6.45) is 7.12. The molecular formula is C17H34N2. The van der Waals surface area contributed by atoms with Gasteiger partial charge in [0.25, 0.3) is 0 Å². The van der Waals surface area contributed by atoms with Crippen LogP contribution in [0.5, 0.6) is 0 Å². The van der Waals surface area contributed by atoms with Crippen molar-refractivity contribution >= 4 is 0 Å². The third-order valence-corrected chi connectivity index (χ3v) is 5.54. The first-order valence-corrected chi connectivity index (χ1v) is 8.49. The van der Waals surface area contributed by atoms with Crippen molar-refractivity contribution in [1.29, 1.82) is 0 Å². The van der Waals surface area contributed by atoms with E-state index < -0.39 is 0 Å². The molecule has 2 nitrogen and oxygen atoms in total. The normalized spacial score (nSPS) is 40.7. The zero-order valence-electron chi connectivity index (χ0n) is 13.5. The smallest absolute Gasteiger partial charge is 0.00702 e. The summed E-state index contributed by atoms with van der Waals surface area (Å²) in [7, 11) is 0. The summed E-state index contributed by atoms with van der Waals surface area (Å²) < 4.78 is 0. The Balaban J connectivity index is 1.97. The van der Waals surface area contributed by atoms with E-state index in [1.165, 1.54) is 51.7 Å². The molecule has 2 atom stereocenters. The van der Waals surface area contributed by atoms with Crippen molar-refractivity contribution < 1.29 is 0 Å². The van der Waals surface area contributed by atoms with Crippen molar-refractivity contribution in [2.24, 2.45) is 17.3 Å². The molecule has 0 aromatic carbocycles. The largest absolute Gasteiger partial charge is 0.316 e. The topological polar surface area (TPSA) is 15.3 Å². The van der Waals surface area contributed by atoms with Crippen LogP contribution in [0.3, 0.4) is 0 Å². The highest BCUT2D eigenvalue weighted by molar-refractivity contribution is 4.92. The van der Waals surface area contributed by atoms with Crippen LogP contribution in [0.4, 0.5) is 0 Å². The highest BCUT2D eigenvalue weighted by atomic mass is 15.2. The predicted octanol–water partition coefficient (Wildman–Crippen LogP) is 3.52. The van der Waals surface area contributed by atoms with E-state index in [1.807, 2.05) is 0 Å². The molecule has 0 amide bonds. The van der Waals surface area contributed by atoms with Crippen molar-refractivity contribution in [1.82, 2.24) is 10.2 Å². The average Bonchev–Trinajstić information content (AvgIpc) is 2.69. The molecule has 2 heteroatoms. The fourth-order valence-corrected chi connectivity index (χ4v) is 4.19. The van der Waals surface area contributed by atoms with Gasteiger partial charge < -0.3 is 5.32 Å². The lowest BCUT2D eigenvalue weighted by atomic mass is 9.70. The number of likely N-dealkylation sites (tertiary alicyclic amines) is 1. The lowest BCUT2D eigenvalue weighted by Crippen LogP contribution is -2.47. The molecule has 1 N–H and O–H groups in total. The molecule has 1 saturated heterocycles. The van der Waals surface area contributed by atoms with Crippen LogP contribution in [0.2, 0.25) is 0 Å². The molecule has 2 rings (SSSR count). The Hall–Kier alpha value is -0.0800. The molecule has 0 bridgehead atoms. The Bertz CT molecular complexity index is 263. The Morgan fingerprint density at radius 1 is 1.11 bits per heavy atom. The van der Waals surface area contributed by atoms with Gasteiger partial charge in [-0.25, -0.2) is 0 Å². The minimum Gasteiger partial charge on any atom is -0.316 e. The summed E-state index contributed by atoms with van der Waals surface area (Å²) in [5, 5.41) is 3.65. The molecule has 1 aliphatic carbocycles. The van der Waals surface area contributed by atoms with Gasteiger partial charge >= 0.3 is 0 Å². The summed E-state index contributed by atoms with van der Waals surface area (Å²) in [4.78, 5) is 2.78. The summed E-state index contributed by atoms with van der Waals surface area (Å²) >= 11 is 0. The zero-order valence-corrected chi connectivity index (χ0v) is 13.5. The molecule has 1 aliphatic heterocycles. The first-order valence-electron chi connectivity index (χ1n) is 8.49. The molecule has 0 radical (unpaired) electrons. The summed E-state index contributed by atoms with van der Waals surface area (Å²) in [5.41, 5.74) is 0.556. The lowest BCUT2D eigenvalue weighted by Gasteiger charge is -2.43. The third-order valence-electron chi connectivity index (χ3n) is 5.54. The van der Waals surface area contributed by atoms with Crippen molar-refractivity contribution in [3.63, 3.8) is 0 Å². The molecule has 2 aliphatic rings. The second-order valence-corrected chi connectivity index (χ2v) is 7.58. The van der Waals surface area contributed by atoms with Crippen molar-refractivity contribution in [3.05, 3.63) is 0 Å². The van der Waals surface area contributed by atoms with Gasteiger partial charge in [0.15, 0.2) is 0 Å². The lowest BCUT2D eigenvalue weighted by molar-refractivity contribution is 0.0827. The van der Waals surface area contributed by atoms with Gasteiger partial charge in [-0.15, -0.1) is 0 Å². The first kappa shape index (κ1) is 15.3. The van der Waals surface area contributed by atoms with Crippen LogP contribution in [-0.2, 0) is 0 Å². The molecule has 2 unspecified atom stereocenters. The van der Waals surface area contributed by atoms with Crippen LogP contribution in [-0.4, -0.2) is 37.1 Å². The van der Waals surface area contributed by atoms with Gasteiger partial charge in [-0.3, -0.25) is 4.90 Å². The van der Waals surface area contributed by atoms with Gasteiger partial charge in [-0.2, -0.15) is 0 Å². The Labute approximate surface area is 120 Å². The van der Waals surface area contributed by atoms with E-state index in [4.69, 9.17) is 0 Å². The van der Waals surface area contributed by atoms with E-state index >= 15 is 0 Å². The monoisotopic (exact) mass is 266 g/mol. The average molecular weight is 266 g/mol. The van der Waals surface area contributed by atoms with Gasteiger partial charge in [-0.05, 0) is 50.0 Å². The minimum absolute atomic E-state index is 0.556. The van der Waals surface area contributed by atoms with Crippen molar-refractivity contribution in [3.8, 4) is 0 Å². The maximum Gasteiger partial charge on any atom is 0.00702 e. The van der Waals surface area contributed by atoms with E-state index in [9.17, 15) is 0 Å². The number of hydrogen-bond acceptors (Lipinski definition) is 2. The second kappa shape index (κ2) is 6.58.